The SMILES string of the molecule is Cc1nc(-c2ccc(OCC3CCCC3)c(-c3nnnn3C)c2)sc1C(=O)O. The maximum atomic E-state index is 11.4. The molecule has 1 aromatic carbocycles. The van der Waals surface area contributed by atoms with Crippen molar-refractivity contribution in [2.75, 3.05) is 6.61 Å². The predicted molar refractivity (Wildman–Crippen MR) is 104 cm³/mol. The summed E-state index contributed by atoms with van der Waals surface area (Å²) in [7, 11) is 1.78. The van der Waals surface area contributed by atoms with Gasteiger partial charge in [-0.25, -0.2) is 14.5 Å². The fourth-order valence-electron chi connectivity index (χ4n) is 3.52. The van der Waals surface area contributed by atoms with Gasteiger partial charge in [-0.2, -0.15) is 0 Å². The summed E-state index contributed by atoms with van der Waals surface area (Å²) in [6, 6.07) is 5.71. The second-order valence-electron chi connectivity index (χ2n) is 7.04. The van der Waals surface area contributed by atoms with Crippen LogP contribution in [0.15, 0.2) is 18.2 Å². The third-order valence-electron chi connectivity index (χ3n) is 5.03. The predicted octanol–water partition coefficient (Wildman–Crippen LogP) is 3.58. The van der Waals surface area contributed by atoms with Gasteiger partial charge in [-0.1, -0.05) is 12.8 Å². The summed E-state index contributed by atoms with van der Waals surface area (Å²) in [6.45, 7) is 2.38. The van der Waals surface area contributed by atoms with Crippen LogP contribution in [0.2, 0.25) is 0 Å². The van der Waals surface area contributed by atoms with E-state index in [1.54, 1.807) is 18.7 Å². The molecule has 146 valence electrons. The maximum Gasteiger partial charge on any atom is 0.347 e. The molecular formula is C19H21N5O3S. The molecule has 0 bridgehead atoms. The summed E-state index contributed by atoms with van der Waals surface area (Å²) in [5.41, 5.74) is 2.09. The van der Waals surface area contributed by atoms with Crippen LogP contribution in [-0.4, -0.2) is 42.9 Å². The van der Waals surface area contributed by atoms with Crippen LogP contribution in [0.25, 0.3) is 22.0 Å². The minimum absolute atomic E-state index is 0.249. The van der Waals surface area contributed by atoms with Crippen molar-refractivity contribution in [1.29, 1.82) is 0 Å². The molecule has 1 aliphatic carbocycles. The molecule has 4 rings (SSSR count). The van der Waals surface area contributed by atoms with Crippen molar-refractivity contribution in [2.24, 2.45) is 13.0 Å². The number of aromatic carboxylic acids is 1. The maximum absolute atomic E-state index is 11.4. The topological polar surface area (TPSA) is 103 Å². The third kappa shape index (κ3) is 3.62. The second-order valence-corrected chi connectivity index (χ2v) is 8.04. The molecule has 0 aliphatic heterocycles. The zero-order valence-corrected chi connectivity index (χ0v) is 16.6. The summed E-state index contributed by atoms with van der Waals surface area (Å²) in [4.78, 5) is 16.0. The molecule has 28 heavy (non-hydrogen) atoms. The average Bonchev–Trinajstić information content (AvgIpc) is 3.41. The van der Waals surface area contributed by atoms with Gasteiger partial charge in [-0.3, -0.25) is 0 Å². The van der Waals surface area contributed by atoms with Crippen LogP contribution in [0, 0.1) is 12.8 Å². The summed E-state index contributed by atoms with van der Waals surface area (Å²) < 4.78 is 7.73. The first-order valence-electron chi connectivity index (χ1n) is 9.23. The summed E-state index contributed by atoms with van der Waals surface area (Å²) in [5.74, 6) is 0.940. The van der Waals surface area contributed by atoms with E-state index in [4.69, 9.17) is 4.74 Å². The largest absolute Gasteiger partial charge is 0.493 e. The third-order valence-corrected chi connectivity index (χ3v) is 6.22. The first-order chi connectivity index (χ1) is 13.5. The number of ether oxygens (including phenoxy) is 1. The Labute approximate surface area is 166 Å². The van der Waals surface area contributed by atoms with Gasteiger partial charge < -0.3 is 9.84 Å². The first-order valence-corrected chi connectivity index (χ1v) is 10.0. The van der Waals surface area contributed by atoms with E-state index in [9.17, 15) is 9.90 Å². The number of carbonyl (C=O) groups is 1. The fraction of sp³-hybridized carbons (Fsp3) is 0.421. The number of nitrogens with zero attached hydrogens (tertiary/aromatic N) is 5. The Morgan fingerprint density at radius 1 is 1.36 bits per heavy atom. The molecule has 1 N–H and O–H groups in total. The van der Waals surface area contributed by atoms with Crippen molar-refractivity contribution < 1.29 is 14.6 Å². The van der Waals surface area contributed by atoms with Crippen LogP contribution in [0.4, 0.5) is 0 Å². The van der Waals surface area contributed by atoms with Gasteiger partial charge in [0.15, 0.2) is 5.82 Å². The number of tetrazole rings is 1. The number of thiazole rings is 1. The monoisotopic (exact) mass is 399 g/mol. The van der Waals surface area contributed by atoms with Gasteiger partial charge in [0.1, 0.15) is 15.6 Å². The Kier molecular flexibility index (Phi) is 5.08. The van der Waals surface area contributed by atoms with Crippen LogP contribution >= 0.6 is 11.3 Å². The molecule has 0 amide bonds. The van der Waals surface area contributed by atoms with E-state index >= 15 is 0 Å². The van der Waals surface area contributed by atoms with E-state index in [-0.39, 0.29) is 4.88 Å². The van der Waals surface area contributed by atoms with Crippen molar-refractivity contribution >= 4 is 17.3 Å². The van der Waals surface area contributed by atoms with Gasteiger partial charge in [0.2, 0.25) is 0 Å². The number of hydrogen-bond donors (Lipinski definition) is 1. The first kappa shape index (κ1) is 18.5. The van der Waals surface area contributed by atoms with Gasteiger partial charge in [0.05, 0.1) is 17.9 Å². The lowest BCUT2D eigenvalue weighted by Crippen LogP contribution is -2.09. The molecule has 3 aromatic rings. The van der Waals surface area contributed by atoms with Crippen molar-refractivity contribution in [3.63, 3.8) is 0 Å². The van der Waals surface area contributed by atoms with Crippen LogP contribution in [0.3, 0.4) is 0 Å². The average molecular weight is 399 g/mol. The van der Waals surface area contributed by atoms with E-state index in [2.05, 4.69) is 20.5 Å². The van der Waals surface area contributed by atoms with E-state index in [0.717, 1.165) is 28.2 Å². The van der Waals surface area contributed by atoms with Crippen LogP contribution in [0.1, 0.15) is 41.0 Å². The van der Waals surface area contributed by atoms with Gasteiger partial charge in [-0.05, 0) is 54.3 Å². The van der Waals surface area contributed by atoms with Crippen LogP contribution in [0.5, 0.6) is 5.75 Å². The molecule has 1 saturated carbocycles. The summed E-state index contributed by atoms with van der Waals surface area (Å²) >= 11 is 1.16. The number of rotatable bonds is 6. The van der Waals surface area contributed by atoms with Crippen molar-refractivity contribution in [3.05, 3.63) is 28.8 Å². The van der Waals surface area contributed by atoms with E-state index in [1.807, 2.05) is 18.2 Å². The molecule has 2 aromatic heterocycles. The molecule has 9 heteroatoms. The summed E-state index contributed by atoms with van der Waals surface area (Å²) in [6.07, 6.45) is 4.94. The fourth-order valence-corrected chi connectivity index (χ4v) is 4.43. The molecule has 1 aliphatic rings. The highest BCUT2D eigenvalue weighted by Gasteiger charge is 2.20. The molecule has 0 atom stereocenters. The zero-order chi connectivity index (χ0) is 19.7. The molecule has 0 radical (unpaired) electrons. The van der Waals surface area contributed by atoms with E-state index in [1.165, 1.54) is 25.7 Å². The smallest absolute Gasteiger partial charge is 0.347 e. The highest BCUT2D eigenvalue weighted by Crippen LogP contribution is 2.36. The van der Waals surface area contributed by atoms with E-state index in [0.29, 0.717) is 29.1 Å². The number of aryl methyl sites for hydroxylation is 2. The molecule has 0 saturated heterocycles. The lowest BCUT2D eigenvalue weighted by molar-refractivity contribution is 0.0701. The minimum Gasteiger partial charge on any atom is -0.493 e. The van der Waals surface area contributed by atoms with Crippen LogP contribution < -0.4 is 4.74 Å². The van der Waals surface area contributed by atoms with Crippen LogP contribution in [-0.2, 0) is 7.05 Å². The zero-order valence-electron chi connectivity index (χ0n) is 15.8. The van der Waals surface area contributed by atoms with Gasteiger partial charge in [-0.15, -0.1) is 16.4 Å². The number of hydrogen-bond acceptors (Lipinski definition) is 7. The molecular weight excluding hydrogens is 378 g/mol. The number of benzene rings is 1. The Morgan fingerprint density at radius 2 is 2.14 bits per heavy atom. The molecule has 2 heterocycles. The van der Waals surface area contributed by atoms with Gasteiger partial charge >= 0.3 is 5.97 Å². The van der Waals surface area contributed by atoms with Gasteiger partial charge in [0.25, 0.3) is 0 Å². The normalized spacial score (nSPS) is 14.5. The highest BCUT2D eigenvalue weighted by atomic mass is 32.1. The Hall–Kier alpha value is -2.81. The second kappa shape index (κ2) is 7.67. The quantitative estimate of drug-likeness (QED) is 0.676. The Morgan fingerprint density at radius 3 is 2.79 bits per heavy atom. The number of carboxylic acid groups (broad SMARTS) is 1. The highest BCUT2D eigenvalue weighted by molar-refractivity contribution is 7.17. The number of aromatic nitrogens is 5. The summed E-state index contributed by atoms with van der Waals surface area (Å²) in [5, 5.41) is 21.7. The standard InChI is InChI=1S/C19H21N5O3S/c1-11-16(19(25)26)28-18(20-11)13-7-8-15(27-10-12-5-3-4-6-12)14(9-13)17-21-22-23-24(17)2/h7-9,12H,3-6,10H2,1-2H3,(H,25,26). The molecule has 0 spiro atoms. The minimum atomic E-state index is -0.963. The Bertz CT molecular complexity index is 1010. The van der Waals surface area contributed by atoms with E-state index < -0.39 is 5.97 Å². The lowest BCUT2D eigenvalue weighted by atomic mass is 10.1. The van der Waals surface area contributed by atoms with Gasteiger partial charge in [0, 0.05) is 12.6 Å². The Balaban J connectivity index is 1.70. The lowest BCUT2D eigenvalue weighted by Gasteiger charge is -2.15. The van der Waals surface area contributed by atoms with Crippen molar-refractivity contribution in [3.8, 4) is 27.7 Å². The molecule has 1 fully saturated rings. The molecule has 8 nitrogen and oxygen atoms in total. The number of carboxylic acids is 1. The molecule has 0 unspecified atom stereocenters. The van der Waals surface area contributed by atoms with Crippen molar-refractivity contribution in [2.45, 2.75) is 32.6 Å². The van der Waals surface area contributed by atoms with Crippen molar-refractivity contribution in [1.82, 2.24) is 25.2 Å².